The van der Waals surface area contributed by atoms with E-state index in [9.17, 15) is 10.2 Å². The third kappa shape index (κ3) is 5.10. The average Bonchev–Trinajstić information content (AvgIpc) is 2.36. The summed E-state index contributed by atoms with van der Waals surface area (Å²) in [6.07, 6.45) is 1.05. The molecule has 5 heteroatoms. The summed E-state index contributed by atoms with van der Waals surface area (Å²) >= 11 is 3.38. The van der Waals surface area contributed by atoms with E-state index in [1.165, 1.54) is 0 Å². The Morgan fingerprint density at radius 1 is 1.47 bits per heavy atom. The zero-order valence-electron chi connectivity index (χ0n) is 10.8. The number of ether oxygens (including phenoxy) is 1. The highest BCUT2D eigenvalue weighted by Gasteiger charge is 2.20. The lowest BCUT2D eigenvalue weighted by Gasteiger charge is -2.31. The summed E-state index contributed by atoms with van der Waals surface area (Å²) in [7, 11) is 0. The lowest BCUT2D eigenvalue weighted by Crippen LogP contribution is -2.43. The molecule has 0 aliphatic carbocycles. The number of aliphatic hydroxyl groups excluding tert-OH is 2. The topological polar surface area (TPSA) is 52.9 Å². The van der Waals surface area contributed by atoms with Crippen molar-refractivity contribution in [3.05, 3.63) is 28.7 Å². The Kier molecular flexibility index (Phi) is 5.63. The van der Waals surface area contributed by atoms with Gasteiger partial charge >= 0.3 is 0 Å². The van der Waals surface area contributed by atoms with E-state index >= 15 is 0 Å². The maximum Gasteiger partial charge on any atom is 0.120 e. The van der Waals surface area contributed by atoms with Crippen LogP contribution in [-0.4, -0.2) is 53.6 Å². The van der Waals surface area contributed by atoms with Gasteiger partial charge in [0.15, 0.2) is 0 Å². The van der Waals surface area contributed by atoms with Crippen LogP contribution in [0.4, 0.5) is 0 Å². The first-order valence-corrected chi connectivity index (χ1v) is 7.39. The van der Waals surface area contributed by atoms with Crippen LogP contribution in [-0.2, 0) is 0 Å². The van der Waals surface area contributed by atoms with E-state index in [0.29, 0.717) is 13.1 Å². The molecule has 0 amide bonds. The highest BCUT2D eigenvalue weighted by atomic mass is 79.9. The molecule has 0 bridgehead atoms. The summed E-state index contributed by atoms with van der Waals surface area (Å²) in [6, 6.07) is 7.56. The van der Waals surface area contributed by atoms with Gasteiger partial charge in [-0.2, -0.15) is 0 Å². The molecule has 2 rings (SSSR count). The summed E-state index contributed by atoms with van der Waals surface area (Å²) in [5.41, 5.74) is 0. The fourth-order valence-electron chi connectivity index (χ4n) is 2.30. The first-order chi connectivity index (χ1) is 9.13. The second-order valence-corrected chi connectivity index (χ2v) is 5.89. The molecule has 0 unspecified atom stereocenters. The minimum Gasteiger partial charge on any atom is -0.491 e. The van der Waals surface area contributed by atoms with Crippen LogP contribution in [0.2, 0.25) is 0 Å². The second kappa shape index (κ2) is 7.24. The van der Waals surface area contributed by atoms with Gasteiger partial charge in [0.1, 0.15) is 18.5 Å². The van der Waals surface area contributed by atoms with Crippen molar-refractivity contribution in [2.45, 2.75) is 25.0 Å². The third-order valence-electron chi connectivity index (χ3n) is 3.19. The largest absolute Gasteiger partial charge is 0.491 e. The first-order valence-electron chi connectivity index (χ1n) is 6.60. The zero-order chi connectivity index (χ0) is 13.7. The van der Waals surface area contributed by atoms with Gasteiger partial charge in [0.2, 0.25) is 0 Å². The van der Waals surface area contributed by atoms with Crippen LogP contribution in [0.25, 0.3) is 0 Å². The predicted molar refractivity (Wildman–Crippen MR) is 77.3 cm³/mol. The van der Waals surface area contributed by atoms with Crippen molar-refractivity contribution in [1.29, 1.82) is 0 Å². The maximum atomic E-state index is 9.96. The number of hydrogen-bond donors (Lipinski definition) is 2. The SMILES string of the molecule is O[C@@H]1CCCN(C[C@H](O)COc2cccc(Br)c2)C1. The molecule has 0 spiro atoms. The fraction of sp³-hybridized carbons (Fsp3) is 0.571. The summed E-state index contributed by atoms with van der Waals surface area (Å²) in [5, 5.41) is 19.5. The monoisotopic (exact) mass is 329 g/mol. The van der Waals surface area contributed by atoms with E-state index in [1.54, 1.807) is 0 Å². The summed E-state index contributed by atoms with van der Waals surface area (Å²) in [5.74, 6) is 0.743. The van der Waals surface area contributed by atoms with Gasteiger partial charge in [-0.05, 0) is 37.6 Å². The lowest BCUT2D eigenvalue weighted by atomic mass is 10.1. The molecule has 0 saturated carbocycles. The van der Waals surface area contributed by atoms with Crippen molar-refractivity contribution in [3.63, 3.8) is 0 Å². The molecule has 1 fully saturated rings. The molecule has 2 N–H and O–H groups in total. The van der Waals surface area contributed by atoms with Crippen LogP contribution in [0, 0.1) is 0 Å². The van der Waals surface area contributed by atoms with Crippen molar-refractivity contribution < 1.29 is 14.9 Å². The zero-order valence-corrected chi connectivity index (χ0v) is 12.4. The molecule has 1 heterocycles. The predicted octanol–water partition coefficient (Wildman–Crippen LogP) is 1.65. The Hall–Kier alpha value is -0.620. The smallest absolute Gasteiger partial charge is 0.120 e. The molecule has 0 radical (unpaired) electrons. The van der Waals surface area contributed by atoms with Gasteiger partial charge in [-0.15, -0.1) is 0 Å². The maximum absolute atomic E-state index is 9.96. The van der Waals surface area contributed by atoms with Crippen LogP contribution in [0.5, 0.6) is 5.75 Å². The third-order valence-corrected chi connectivity index (χ3v) is 3.68. The molecule has 1 saturated heterocycles. The second-order valence-electron chi connectivity index (χ2n) is 4.98. The molecular formula is C14H20BrNO3. The Morgan fingerprint density at radius 2 is 2.32 bits per heavy atom. The van der Waals surface area contributed by atoms with E-state index in [4.69, 9.17) is 4.74 Å². The van der Waals surface area contributed by atoms with Crippen LogP contribution in [0.3, 0.4) is 0 Å². The van der Waals surface area contributed by atoms with Crippen LogP contribution < -0.4 is 4.74 Å². The van der Waals surface area contributed by atoms with Gasteiger partial charge in [0, 0.05) is 17.6 Å². The number of piperidine rings is 1. The van der Waals surface area contributed by atoms with Crippen LogP contribution >= 0.6 is 15.9 Å². The molecule has 1 aliphatic heterocycles. The quantitative estimate of drug-likeness (QED) is 0.862. The van der Waals surface area contributed by atoms with Gasteiger partial charge in [0.25, 0.3) is 0 Å². The first kappa shape index (κ1) is 14.8. The van der Waals surface area contributed by atoms with Crippen molar-refractivity contribution in [1.82, 2.24) is 4.90 Å². The van der Waals surface area contributed by atoms with E-state index < -0.39 is 6.10 Å². The molecule has 1 aromatic rings. The van der Waals surface area contributed by atoms with Crippen LogP contribution in [0.1, 0.15) is 12.8 Å². The molecule has 1 aromatic carbocycles. The van der Waals surface area contributed by atoms with E-state index in [1.807, 2.05) is 24.3 Å². The van der Waals surface area contributed by atoms with Gasteiger partial charge in [0.05, 0.1) is 6.10 Å². The van der Waals surface area contributed by atoms with Crippen molar-refractivity contribution in [2.24, 2.45) is 0 Å². The molecular weight excluding hydrogens is 310 g/mol. The minimum atomic E-state index is -0.538. The van der Waals surface area contributed by atoms with Gasteiger partial charge in [-0.1, -0.05) is 22.0 Å². The van der Waals surface area contributed by atoms with Gasteiger partial charge in [-0.25, -0.2) is 0 Å². The number of benzene rings is 1. The Labute approximate surface area is 122 Å². The summed E-state index contributed by atoms with van der Waals surface area (Å²) in [6.45, 7) is 2.40. The van der Waals surface area contributed by atoms with E-state index in [-0.39, 0.29) is 12.7 Å². The molecule has 0 aromatic heterocycles. The van der Waals surface area contributed by atoms with Crippen molar-refractivity contribution >= 4 is 15.9 Å². The van der Waals surface area contributed by atoms with Gasteiger partial charge < -0.3 is 14.9 Å². The fourth-order valence-corrected chi connectivity index (χ4v) is 2.68. The summed E-state index contributed by atoms with van der Waals surface area (Å²) < 4.78 is 6.50. The lowest BCUT2D eigenvalue weighted by molar-refractivity contribution is 0.0243. The average molecular weight is 330 g/mol. The number of rotatable bonds is 5. The Balaban J connectivity index is 1.73. The standard InChI is InChI=1S/C14H20BrNO3/c15-11-3-1-5-14(7-11)19-10-13(18)9-16-6-2-4-12(17)8-16/h1,3,5,7,12-13,17-18H,2,4,6,8-10H2/t12-,13+/m1/s1. The number of β-amino-alcohol motifs (C(OH)–C–C–N with tert-alkyl or cyclic N) is 2. The van der Waals surface area contributed by atoms with Crippen molar-refractivity contribution in [3.8, 4) is 5.75 Å². The molecule has 106 valence electrons. The number of nitrogens with zero attached hydrogens (tertiary/aromatic N) is 1. The highest BCUT2D eigenvalue weighted by Crippen LogP contribution is 2.18. The normalized spacial score (nSPS) is 22.2. The van der Waals surface area contributed by atoms with Gasteiger partial charge in [-0.3, -0.25) is 4.90 Å². The number of hydrogen-bond acceptors (Lipinski definition) is 4. The Bertz CT molecular complexity index is 402. The molecule has 4 nitrogen and oxygen atoms in total. The summed E-state index contributed by atoms with van der Waals surface area (Å²) in [4.78, 5) is 2.09. The molecule has 2 atom stereocenters. The molecule has 19 heavy (non-hydrogen) atoms. The highest BCUT2D eigenvalue weighted by molar-refractivity contribution is 9.10. The van der Waals surface area contributed by atoms with Crippen LogP contribution in [0.15, 0.2) is 28.7 Å². The molecule has 1 aliphatic rings. The van der Waals surface area contributed by atoms with Crippen molar-refractivity contribution in [2.75, 3.05) is 26.2 Å². The number of aliphatic hydroxyl groups is 2. The Morgan fingerprint density at radius 3 is 3.05 bits per heavy atom. The minimum absolute atomic E-state index is 0.257. The van der Waals surface area contributed by atoms with E-state index in [2.05, 4.69) is 20.8 Å². The number of likely N-dealkylation sites (tertiary alicyclic amines) is 1. The number of halogens is 1. The van der Waals surface area contributed by atoms with E-state index in [0.717, 1.165) is 29.6 Å².